The van der Waals surface area contributed by atoms with E-state index in [2.05, 4.69) is 10.1 Å². The van der Waals surface area contributed by atoms with Crippen molar-refractivity contribution in [3.8, 4) is 17.2 Å². The van der Waals surface area contributed by atoms with E-state index >= 15 is 0 Å². The molecular formula is C20H17ClFN3O3. The minimum Gasteiger partial charge on any atom is -0.493 e. The monoisotopic (exact) mass is 401 g/mol. The number of halogens is 2. The molecule has 0 radical (unpaired) electrons. The Balaban J connectivity index is 1.59. The second kappa shape index (κ2) is 7.59. The van der Waals surface area contributed by atoms with Gasteiger partial charge >= 0.3 is 0 Å². The number of carbonyl (C=O) groups excluding carboxylic acids is 1. The van der Waals surface area contributed by atoms with E-state index in [1.165, 1.54) is 17.0 Å². The number of benzene rings is 2. The summed E-state index contributed by atoms with van der Waals surface area (Å²) in [5, 5.41) is 4.01. The molecule has 1 unspecified atom stereocenters. The van der Waals surface area contributed by atoms with Gasteiger partial charge in [-0.05, 0) is 31.2 Å². The van der Waals surface area contributed by atoms with Crippen LogP contribution in [0.5, 0.6) is 5.75 Å². The van der Waals surface area contributed by atoms with Crippen molar-refractivity contribution in [1.82, 2.24) is 10.1 Å². The number of ether oxygens (including phenoxy) is 1. The Bertz CT molecular complexity index is 1020. The van der Waals surface area contributed by atoms with Crippen molar-refractivity contribution in [1.29, 1.82) is 0 Å². The third kappa shape index (κ3) is 3.33. The number of para-hydroxylation sites is 1. The van der Waals surface area contributed by atoms with E-state index in [1.54, 1.807) is 6.07 Å². The summed E-state index contributed by atoms with van der Waals surface area (Å²) in [5.74, 6) is 0.233. The molecule has 0 spiro atoms. The Kier molecular flexibility index (Phi) is 5.00. The average molecular weight is 402 g/mol. The standard InChI is InChI=1S/C20H17ClFN3O3/c1-2-27-16-9-4-3-6-13(16)20-23-19(24-28-20)12-10-17(26)25(11-12)15-8-5-7-14(21)18(15)22/h3-9,12H,2,10-11H2,1H3. The van der Waals surface area contributed by atoms with Crippen LogP contribution in [0.25, 0.3) is 11.5 Å². The zero-order valence-electron chi connectivity index (χ0n) is 15.1. The summed E-state index contributed by atoms with van der Waals surface area (Å²) in [5.41, 5.74) is 0.843. The fraction of sp³-hybridized carbons (Fsp3) is 0.250. The van der Waals surface area contributed by atoms with Crippen LogP contribution in [0.4, 0.5) is 10.1 Å². The predicted molar refractivity (Wildman–Crippen MR) is 102 cm³/mol. The van der Waals surface area contributed by atoms with E-state index in [4.69, 9.17) is 20.9 Å². The van der Waals surface area contributed by atoms with Gasteiger partial charge in [0.2, 0.25) is 5.91 Å². The molecule has 4 rings (SSSR count). The lowest BCUT2D eigenvalue weighted by Crippen LogP contribution is -2.25. The zero-order chi connectivity index (χ0) is 19.7. The van der Waals surface area contributed by atoms with Crippen molar-refractivity contribution in [2.75, 3.05) is 18.1 Å². The molecule has 1 aliphatic rings. The summed E-state index contributed by atoms with van der Waals surface area (Å²) in [6, 6.07) is 11.9. The Hall–Kier alpha value is -2.93. The van der Waals surface area contributed by atoms with Crippen molar-refractivity contribution in [2.24, 2.45) is 0 Å². The maximum Gasteiger partial charge on any atom is 0.261 e. The first-order valence-electron chi connectivity index (χ1n) is 8.88. The number of hydrogen-bond acceptors (Lipinski definition) is 5. The molecule has 2 heterocycles. The van der Waals surface area contributed by atoms with E-state index in [-0.39, 0.29) is 35.5 Å². The first-order valence-corrected chi connectivity index (χ1v) is 9.26. The largest absolute Gasteiger partial charge is 0.493 e. The summed E-state index contributed by atoms with van der Waals surface area (Å²) in [6.45, 7) is 2.65. The molecule has 1 aliphatic heterocycles. The van der Waals surface area contributed by atoms with Crippen LogP contribution in [0.3, 0.4) is 0 Å². The van der Waals surface area contributed by atoms with Crippen LogP contribution in [0.15, 0.2) is 47.0 Å². The lowest BCUT2D eigenvalue weighted by Gasteiger charge is -2.17. The smallest absolute Gasteiger partial charge is 0.261 e. The third-order valence-corrected chi connectivity index (χ3v) is 4.86. The van der Waals surface area contributed by atoms with Gasteiger partial charge in [0.15, 0.2) is 11.6 Å². The normalized spacial score (nSPS) is 16.6. The van der Waals surface area contributed by atoms with Gasteiger partial charge < -0.3 is 14.2 Å². The van der Waals surface area contributed by atoms with Crippen LogP contribution in [-0.2, 0) is 4.79 Å². The van der Waals surface area contributed by atoms with Crippen molar-refractivity contribution in [2.45, 2.75) is 19.3 Å². The lowest BCUT2D eigenvalue weighted by atomic mass is 10.1. The minimum atomic E-state index is -0.613. The molecule has 1 saturated heterocycles. The van der Waals surface area contributed by atoms with Crippen LogP contribution < -0.4 is 9.64 Å². The van der Waals surface area contributed by atoms with E-state index in [0.29, 0.717) is 29.6 Å². The highest BCUT2D eigenvalue weighted by Gasteiger charge is 2.36. The number of hydrogen-bond donors (Lipinski definition) is 0. The number of rotatable bonds is 5. The minimum absolute atomic E-state index is 0.0249. The van der Waals surface area contributed by atoms with Crippen molar-refractivity contribution in [3.63, 3.8) is 0 Å². The fourth-order valence-electron chi connectivity index (χ4n) is 3.25. The quantitative estimate of drug-likeness (QED) is 0.631. The van der Waals surface area contributed by atoms with E-state index in [9.17, 15) is 9.18 Å². The molecule has 28 heavy (non-hydrogen) atoms. The van der Waals surface area contributed by atoms with Crippen LogP contribution in [-0.4, -0.2) is 29.2 Å². The second-order valence-corrected chi connectivity index (χ2v) is 6.77. The number of aromatic nitrogens is 2. The number of carbonyl (C=O) groups is 1. The number of nitrogens with zero attached hydrogens (tertiary/aromatic N) is 3. The van der Waals surface area contributed by atoms with Crippen LogP contribution in [0.2, 0.25) is 5.02 Å². The highest BCUT2D eigenvalue weighted by molar-refractivity contribution is 6.31. The summed E-state index contributed by atoms with van der Waals surface area (Å²) >= 11 is 5.84. The molecule has 144 valence electrons. The molecule has 6 nitrogen and oxygen atoms in total. The van der Waals surface area contributed by atoms with Gasteiger partial charge in [0.25, 0.3) is 5.89 Å². The van der Waals surface area contributed by atoms with Gasteiger partial charge in [0, 0.05) is 18.9 Å². The topological polar surface area (TPSA) is 68.5 Å². The van der Waals surface area contributed by atoms with Gasteiger partial charge in [0.1, 0.15) is 5.75 Å². The van der Waals surface area contributed by atoms with Gasteiger partial charge in [-0.1, -0.05) is 35.0 Å². The van der Waals surface area contributed by atoms with Gasteiger partial charge in [0.05, 0.1) is 22.9 Å². The van der Waals surface area contributed by atoms with E-state index in [1.807, 2.05) is 31.2 Å². The summed E-state index contributed by atoms with van der Waals surface area (Å²) in [7, 11) is 0. The molecule has 1 fully saturated rings. The Labute approximate surface area is 165 Å². The molecule has 0 saturated carbocycles. The molecular weight excluding hydrogens is 385 g/mol. The zero-order valence-corrected chi connectivity index (χ0v) is 15.8. The molecule has 0 aliphatic carbocycles. The molecule has 1 aromatic heterocycles. The fourth-order valence-corrected chi connectivity index (χ4v) is 3.42. The Morgan fingerprint density at radius 3 is 2.93 bits per heavy atom. The third-order valence-electron chi connectivity index (χ3n) is 4.57. The summed E-state index contributed by atoms with van der Waals surface area (Å²) in [4.78, 5) is 18.3. The summed E-state index contributed by atoms with van der Waals surface area (Å²) in [6.07, 6.45) is 0.165. The van der Waals surface area contributed by atoms with E-state index < -0.39 is 5.82 Å². The van der Waals surface area contributed by atoms with Crippen LogP contribution >= 0.6 is 11.6 Å². The van der Waals surface area contributed by atoms with Crippen molar-refractivity contribution >= 4 is 23.2 Å². The Morgan fingerprint density at radius 2 is 2.11 bits per heavy atom. The maximum atomic E-state index is 14.3. The van der Waals surface area contributed by atoms with Gasteiger partial charge in [-0.3, -0.25) is 4.79 Å². The SMILES string of the molecule is CCOc1ccccc1-c1nc(C2CC(=O)N(c3cccc(Cl)c3F)C2)no1. The lowest BCUT2D eigenvalue weighted by molar-refractivity contribution is -0.117. The van der Waals surface area contributed by atoms with Gasteiger partial charge in [-0.2, -0.15) is 4.98 Å². The van der Waals surface area contributed by atoms with E-state index in [0.717, 1.165) is 0 Å². The van der Waals surface area contributed by atoms with Gasteiger partial charge in [-0.15, -0.1) is 0 Å². The number of anilines is 1. The summed E-state index contributed by atoms with van der Waals surface area (Å²) < 4.78 is 25.3. The molecule has 0 bridgehead atoms. The second-order valence-electron chi connectivity index (χ2n) is 6.37. The molecule has 3 aromatic rings. The van der Waals surface area contributed by atoms with Crippen LogP contribution in [0.1, 0.15) is 25.1 Å². The average Bonchev–Trinajstić information content (AvgIpc) is 3.32. The molecule has 0 N–H and O–H groups in total. The van der Waals surface area contributed by atoms with Gasteiger partial charge in [-0.25, -0.2) is 4.39 Å². The first-order chi connectivity index (χ1) is 13.6. The highest BCUT2D eigenvalue weighted by Crippen LogP contribution is 2.35. The maximum absolute atomic E-state index is 14.3. The Morgan fingerprint density at radius 1 is 1.29 bits per heavy atom. The molecule has 2 aromatic carbocycles. The van der Waals surface area contributed by atoms with Crippen molar-refractivity contribution < 1.29 is 18.4 Å². The molecule has 1 atom stereocenters. The molecule has 1 amide bonds. The highest BCUT2D eigenvalue weighted by atomic mass is 35.5. The molecule has 8 heteroatoms. The predicted octanol–water partition coefficient (Wildman–Crippen LogP) is 4.45. The van der Waals surface area contributed by atoms with Crippen molar-refractivity contribution in [3.05, 3.63) is 59.1 Å². The first kappa shape index (κ1) is 18.4. The van der Waals surface area contributed by atoms with Crippen LogP contribution in [0, 0.1) is 5.82 Å². The number of amides is 1.